The third-order valence-electron chi connectivity index (χ3n) is 10.3. The second-order valence-corrected chi connectivity index (χ2v) is 12.8. The highest BCUT2D eigenvalue weighted by molar-refractivity contribution is 6.26. The first kappa shape index (κ1) is 26.4. The van der Waals surface area contributed by atoms with Crippen LogP contribution in [0.15, 0.2) is 170 Å². The SMILES string of the molecule is c1ccc(-n2c3ccccc3c3cc(-n4c5ccccc5c5ccc6c(c7ccccc7n6-c6cccc7cccnc67)c54)ccc32)cc1. The number of para-hydroxylation sites is 5. The Labute approximate surface area is 281 Å². The van der Waals surface area contributed by atoms with E-state index in [-0.39, 0.29) is 0 Å². The van der Waals surface area contributed by atoms with Gasteiger partial charge < -0.3 is 13.7 Å². The van der Waals surface area contributed by atoms with Crippen LogP contribution in [0.25, 0.3) is 93.4 Å². The third kappa shape index (κ3) is 3.60. The minimum Gasteiger partial charge on any atom is -0.309 e. The largest absolute Gasteiger partial charge is 0.309 e. The molecule has 0 fully saturated rings. The normalized spacial score (nSPS) is 12.1. The van der Waals surface area contributed by atoms with Crippen LogP contribution in [-0.4, -0.2) is 18.7 Å². The Morgan fingerprint density at radius 1 is 0.367 bits per heavy atom. The number of hydrogen-bond donors (Lipinski definition) is 0. The molecule has 11 aromatic rings. The number of aromatic nitrogens is 4. The lowest BCUT2D eigenvalue weighted by atomic mass is 10.1. The van der Waals surface area contributed by atoms with Gasteiger partial charge in [0, 0.05) is 55.3 Å². The van der Waals surface area contributed by atoms with Gasteiger partial charge in [0.2, 0.25) is 0 Å². The number of rotatable bonds is 3. The van der Waals surface area contributed by atoms with Crippen LogP contribution in [0.4, 0.5) is 0 Å². The predicted molar refractivity (Wildman–Crippen MR) is 205 cm³/mol. The topological polar surface area (TPSA) is 27.7 Å². The first-order valence-corrected chi connectivity index (χ1v) is 16.7. The first-order valence-electron chi connectivity index (χ1n) is 16.7. The van der Waals surface area contributed by atoms with Gasteiger partial charge in [-0.25, -0.2) is 0 Å². The zero-order valence-electron chi connectivity index (χ0n) is 26.5. The lowest BCUT2D eigenvalue weighted by Gasteiger charge is -2.12. The van der Waals surface area contributed by atoms with E-state index in [2.05, 4.69) is 171 Å². The van der Waals surface area contributed by atoms with Gasteiger partial charge in [0.25, 0.3) is 0 Å². The van der Waals surface area contributed by atoms with Gasteiger partial charge in [-0.2, -0.15) is 0 Å². The number of hydrogen-bond acceptors (Lipinski definition) is 1. The van der Waals surface area contributed by atoms with Gasteiger partial charge in [0.1, 0.15) is 0 Å². The average Bonchev–Trinajstić information content (AvgIpc) is 3.80. The van der Waals surface area contributed by atoms with Crippen LogP contribution < -0.4 is 0 Å². The molecule has 0 unspecified atom stereocenters. The highest BCUT2D eigenvalue weighted by atomic mass is 15.0. The molecule has 0 N–H and O–H groups in total. The van der Waals surface area contributed by atoms with Crippen molar-refractivity contribution in [2.45, 2.75) is 0 Å². The molecule has 0 amide bonds. The molecule has 4 nitrogen and oxygen atoms in total. The molecule has 0 radical (unpaired) electrons. The Balaban J connectivity index is 1.29. The van der Waals surface area contributed by atoms with E-state index in [1.165, 1.54) is 59.9 Å². The van der Waals surface area contributed by atoms with Crippen molar-refractivity contribution in [2.24, 2.45) is 0 Å². The Hall–Kier alpha value is -6.65. The molecule has 4 heteroatoms. The molecule has 0 aliphatic carbocycles. The summed E-state index contributed by atoms with van der Waals surface area (Å²) >= 11 is 0. The zero-order chi connectivity index (χ0) is 32.1. The Bertz CT molecular complexity index is 3100. The fourth-order valence-corrected chi connectivity index (χ4v) is 8.26. The van der Waals surface area contributed by atoms with Gasteiger partial charge >= 0.3 is 0 Å². The lowest BCUT2D eigenvalue weighted by Crippen LogP contribution is -1.97. The van der Waals surface area contributed by atoms with Crippen LogP contribution in [0.2, 0.25) is 0 Å². The van der Waals surface area contributed by atoms with Crippen LogP contribution in [0, 0.1) is 0 Å². The van der Waals surface area contributed by atoms with E-state index in [1.807, 2.05) is 12.3 Å². The van der Waals surface area contributed by atoms with E-state index in [0.29, 0.717) is 0 Å². The molecule has 228 valence electrons. The van der Waals surface area contributed by atoms with E-state index in [0.717, 1.165) is 33.5 Å². The summed E-state index contributed by atoms with van der Waals surface area (Å²) < 4.78 is 7.27. The fourth-order valence-electron chi connectivity index (χ4n) is 8.26. The number of pyridine rings is 1. The van der Waals surface area contributed by atoms with E-state index in [1.54, 1.807) is 0 Å². The molecule has 0 saturated heterocycles. The van der Waals surface area contributed by atoms with Crippen molar-refractivity contribution < 1.29 is 0 Å². The van der Waals surface area contributed by atoms with E-state index in [4.69, 9.17) is 4.98 Å². The smallest absolute Gasteiger partial charge is 0.0942 e. The standard InChI is InChI=1S/C45H28N4/c1-2-14-30(15-3-1)47-37-19-7-5-17-33(37)36-28-31(23-25-40(36)47)48-38-20-8-4-16-32(38)34-24-26-41-43(45(34)48)35-18-6-9-21-39(35)49(41)42-22-10-12-29-13-11-27-46-44(29)42/h1-28H. The molecule has 49 heavy (non-hydrogen) atoms. The lowest BCUT2D eigenvalue weighted by molar-refractivity contribution is 1.17. The molecule has 0 bridgehead atoms. The summed E-state index contributed by atoms with van der Waals surface area (Å²) in [4.78, 5) is 4.86. The number of fused-ring (bicyclic) bond motifs is 11. The molecule has 4 heterocycles. The highest BCUT2D eigenvalue weighted by Crippen LogP contribution is 2.43. The van der Waals surface area contributed by atoms with Crippen molar-refractivity contribution in [3.8, 4) is 17.1 Å². The molecule has 0 spiro atoms. The summed E-state index contributed by atoms with van der Waals surface area (Å²) in [7, 11) is 0. The molecular formula is C45H28N4. The van der Waals surface area contributed by atoms with Crippen LogP contribution >= 0.6 is 0 Å². The summed E-state index contributed by atoms with van der Waals surface area (Å²) in [6.07, 6.45) is 1.89. The van der Waals surface area contributed by atoms with Gasteiger partial charge in [-0.05, 0) is 66.7 Å². The maximum atomic E-state index is 4.86. The van der Waals surface area contributed by atoms with Gasteiger partial charge in [-0.1, -0.05) is 97.1 Å². The molecule has 11 rings (SSSR count). The van der Waals surface area contributed by atoms with Crippen molar-refractivity contribution in [3.05, 3.63) is 170 Å². The zero-order valence-corrected chi connectivity index (χ0v) is 26.5. The molecule has 0 aliphatic heterocycles. The molecule has 4 aromatic heterocycles. The minimum absolute atomic E-state index is 0.994. The maximum Gasteiger partial charge on any atom is 0.0942 e. The van der Waals surface area contributed by atoms with Crippen molar-refractivity contribution in [1.29, 1.82) is 0 Å². The highest BCUT2D eigenvalue weighted by Gasteiger charge is 2.22. The van der Waals surface area contributed by atoms with Crippen LogP contribution in [0.5, 0.6) is 0 Å². The van der Waals surface area contributed by atoms with Crippen molar-refractivity contribution >= 4 is 76.3 Å². The summed E-state index contributed by atoms with van der Waals surface area (Å²) in [5, 5.41) is 8.56. The Morgan fingerprint density at radius 2 is 1.00 bits per heavy atom. The monoisotopic (exact) mass is 624 g/mol. The third-order valence-corrected chi connectivity index (χ3v) is 10.3. The van der Waals surface area contributed by atoms with E-state index >= 15 is 0 Å². The van der Waals surface area contributed by atoms with E-state index in [9.17, 15) is 0 Å². The van der Waals surface area contributed by atoms with Crippen molar-refractivity contribution in [3.63, 3.8) is 0 Å². The molecule has 0 saturated carbocycles. The summed E-state index contributed by atoms with van der Waals surface area (Å²) in [5.41, 5.74) is 11.5. The fraction of sp³-hybridized carbons (Fsp3) is 0. The van der Waals surface area contributed by atoms with Crippen molar-refractivity contribution in [1.82, 2.24) is 18.7 Å². The second-order valence-electron chi connectivity index (χ2n) is 12.8. The van der Waals surface area contributed by atoms with Gasteiger partial charge in [-0.3, -0.25) is 4.98 Å². The predicted octanol–water partition coefficient (Wildman–Crippen LogP) is 11.5. The van der Waals surface area contributed by atoms with E-state index < -0.39 is 0 Å². The van der Waals surface area contributed by atoms with Crippen molar-refractivity contribution in [2.75, 3.05) is 0 Å². The minimum atomic E-state index is 0.994. The molecule has 7 aromatic carbocycles. The van der Waals surface area contributed by atoms with Gasteiger partial charge in [0.15, 0.2) is 0 Å². The second kappa shape index (κ2) is 9.93. The quantitative estimate of drug-likeness (QED) is 0.192. The average molecular weight is 625 g/mol. The van der Waals surface area contributed by atoms with Crippen LogP contribution in [0.3, 0.4) is 0 Å². The van der Waals surface area contributed by atoms with Crippen LogP contribution in [-0.2, 0) is 0 Å². The number of nitrogens with zero attached hydrogens (tertiary/aromatic N) is 4. The molecule has 0 atom stereocenters. The maximum absolute atomic E-state index is 4.86. The Kier molecular flexibility index (Phi) is 5.35. The summed E-state index contributed by atoms with van der Waals surface area (Å²) in [6, 6.07) is 59.2. The molecule has 0 aliphatic rings. The Morgan fingerprint density at radius 3 is 1.82 bits per heavy atom. The van der Waals surface area contributed by atoms with Gasteiger partial charge in [-0.15, -0.1) is 0 Å². The summed E-state index contributed by atoms with van der Waals surface area (Å²) in [6.45, 7) is 0. The first-order chi connectivity index (χ1) is 24.3. The number of benzene rings is 7. The van der Waals surface area contributed by atoms with Crippen LogP contribution in [0.1, 0.15) is 0 Å². The summed E-state index contributed by atoms with van der Waals surface area (Å²) in [5.74, 6) is 0. The molecular weight excluding hydrogens is 597 g/mol. The van der Waals surface area contributed by atoms with Gasteiger partial charge in [0.05, 0.1) is 44.3 Å².